The van der Waals surface area contributed by atoms with Crippen LogP contribution >= 0.6 is 12.6 Å². The fraction of sp³-hybridized carbons (Fsp3) is 0.250. The number of para-hydroxylation sites is 1. The Hall–Kier alpha value is -1.40. The Morgan fingerprint density at radius 1 is 1.47 bits per heavy atom. The minimum absolute atomic E-state index is 0.0951. The summed E-state index contributed by atoms with van der Waals surface area (Å²) in [6.45, 7) is 0.640. The third kappa shape index (κ3) is 1.86. The van der Waals surface area contributed by atoms with Crippen molar-refractivity contribution >= 4 is 24.2 Å². The summed E-state index contributed by atoms with van der Waals surface area (Å²) in [5.41, 5.74) is 1.58. The highest BCUT2D eigenvalue weighted by atomic mass is 32.1. The summed E-state index contributed by atoms with van der Waals surface area (Å²) in [5.74, 6) is 2.68. The highest BCUT2D eigenvalue weighted by Gasteiger charge is 2.29. The highest BCUT2D eigenvalue weighted by Crippen LogP contribution is 2.26. The van der Waals surface area contributed by atoms with E-state index in [0.29, 0.717) is 13.0 Å². The summed E-state index contributed by atoms with van der Waals surface area (Å²) in [6, 6.07) is 7.47. The minimum Gasteiger partial charge on any atom is -0.310 e. The van der Waals surface area contributed by atoms with Crippen LogP contribution in [0.5, 0.6) is 0 Å². The van der Waals surface area contributed by atoms with Gasteiger partial charge in [0.15, 0.2) is 0 Å². The second kappa shape index (κ2) is 4.00. The Morgan fingerprint density at radius 3 is 2.80 bits per heavy atom. The van der Waals surface area contributed by atoms with Gasteiger partial charge in [-0.25, -0.2) is 0 Å². The van der Waals surface area contributed by atoms with Gasteiger partial charge in [0, 0.05) is 23.8 Å². The maximum Gasteiger partial charge on any atom is 0.228 e. The zero-order valence-electron chi connectivity index (χ0n) is 8.18. The number of terminal acetylenes is 1. The van der Waals surface area contributed by atoms with Gasteiger partial charge in [0.2, 0.25) is 5.91 Å². The molecule has 1 amide bonds. The molecular formula is C12H11NOS. The van der Waals surface area contributed by atoms with E-state index in [2.05, 4.69) is 18.5 Å². The fourth-order valence-corrected chi connectivity index (χ4v) is 2.07. The number of carbonyl (C=O) groups excluding carboxylic acids is 1. The molecule has 1 atom stereocenters. The second-order valence-corrected chi connectivity index (χ2v) is 4.25. The van der Waals surface area contributed by atoms with Crippen molar-refractivity contribution in [2.45, 2.75) is 11.7 Å². The molecule has 15 heavy (non-hydrogen) atoms. The fourth-order valence-electron chi connectivity index (χ4n) is 1.75. The van der Waals surface area contributed by atoms with Crippen molar-refractivity contribution in [1.29, 1.82) is 0 Å². The Bertz CT molecular complexity index is 435. The third-order valence-electron chi connectivity index (χ3n) is 2.45. The number of hydrogen-bond donors (Lipinski definition) is 1. The molecule has 1 unspecified atom stereocenters. The number of nitrogens with zero attached hydrogens (tertiary/aromatic N) is 1. The van der Waals surface area contributed by atoms with E-state index in [-0.39, 0.29) is 11.2 Å². The summed E-state index contributed by atoms with van der Waals surface area (Å²) >= 11 is 4.31. The van der Waals surface area contributed by atoms with Crippen LogP contribution in [-0.4, -0.2) is 17.7 Å². The molecule has 0 bridgehead atoms. The number of rotatable bonds is 1. The molecule has 1 heterocycles. The van der Waals surface area contributed by atoms with E-state index in [4.69, 9.17) is 6.42 Å². The van der Waals surface area contributed by atoms with E-state index < -0.39 is 0 Å². The average molecular weight is 217 g/mol. The summed E-state index contributed by atoms with van der Waals surface area (Å²) in [5, 5.41) is 0.114. The van der Waals surface area contributed by atoms with Gasteiger partial charge in [-0.1, -0.05) is 18.1 Å². The van der Waals surface area contributed by atoms with Crippen molar-refractivity contribution in [1.82, 2.24) is 0 Å². The van der Waals surface area contributed by atoms with Crippen LogP contribution in [-0.2, 0) is 4.79 Å². The number of amides is 1. The molecule has 3 heteroatoms. The molecular weight excluding hydrogens is 206 g/mol. The van der Waals surface area contributed by atoms with E-state index in [1.54, 1.807) is 4.90 Å². The molecule has 0 aliphatic carbocycles. The van der Waals surface area contributed by atoms with Crippen LogP contribution in [0.3, 0.4) is 0 Å². The van der Waals surface area contributed by atoms with Crippen LogP contribution in [0, 0.1) is 12.3 Å². The smallest absolute Gasteiger partial charge is 0.228 e. The van der Waals surface area contributed by atoms with E-state index in [0.717, 1.165) is 11.3 Å². The van der Waals surface area contributed by atoms with Crippen molar-refractivity contribution in [3.8, 4) is 12.3 Å². The maximum absolute atomic E-state index is 11.7. The number of thiol groups is 1. The van der Waals surface area contributed by atoms with Crippen molar-refractivity contribution < 1.29 is 4.79 Å². The minimum atomic E-state index is 0.0951. The first-order valence-electron chi connectivity index (χ1n) is 4.76. The predicted molar refractivity (Wildman–Crippen MR) is 64.1 cm³/mol. The van der Waals surface area contributed by atoms with E-state index in [1.165, 1.54) is 0 Å². The second-order valence-electron chi connectivity index (χ2n) is 3.52. The SMILES string of the molecule is C#Cc1ccccc1N1CC(S)CC1=O. The van der Waals surface area contributed by atoms with E-state index in [9.17, 15) is 4.79 Å². The standard InChI is InChI=1S/C12H11NOS/c1-2-9-5-3-4-6-11(9)13-8-10(15)7-12(13)14/h1,3-6,10,15H,7-8H2. The van der Waals surface area contributed by atoms with Crippen molar-refractivity contribution in [3.05, 3.63) is 29.8 Å². The summed E-state index contributed by atoms with van der Waals surface area (Å²) in [7, 11) is 0. The summed E-state index contributed by atoms with van der Waals surface area (Å²) in [6.07, 6.45) is 5.88. The van der Waals surface area contributed by atoms with Gasteiger partial charge < -0.3 is 4.90 Å². The van der Waals surface area contributed by atoms with E-state index >= 15 is 0 Å². The Kier molecular flexibility index (Phi) is 2.70. The molecule has 1 aromatic carbocycles. The largest absolute Gasteiger partial charge is 0.310 e. The van der Waals surface area contributed by atoms with Crippen molar-refractivity contribution in [2.24, 2.45) is 0 Å². The van der Waals surface area contributed by atoms with Gasteiger partial charge in [-0.3, -0.25) is 4.79 Å². The lowest BCUT2D eigenvalue weighted by Gasteiger charge is -2.17. The van der Waals surface area contributed by atoms with Crippen LogP contribution in [0.2, 0.25) is 0 Å². The Balaban J connectivity index is 2.38. The molecule has 0 N–H and O–H groups in total. The zero-order valence-corrected chi connectivity index (χ0v) is 9.08. The molecule has 0 spiro atoms. The first-order chi connectivity index (χ1) is 7.22. The third-order valence-corrected chi connectivity index (χ3v) is 2.80. The highest BCUT2D eigenvalue weighted by molar-refractivity contribution is 7.81. The average Bonchev–Trinajstić information content (AvgIpc) is 2.57. The van der Waals surface area contributed by atoms with Gasteiger partial charge in [0.25, 0.3) is 0 Å². The van der Waals surface area contributed by atoms with Gasteiger partial charge in [0.05, 0.1) is 5.69 Å². The topological polar surface area (TPSA) is 20.3 Å². The molecule has 2 rings (SSSR count). The van der Waals surface area contributed by atoms with Crippen molar-refractivity contribution in [3.63, 3.8) is 0 Å². The molecule has 0 aromatic heterocycles. The summed E-state index contributed by atoms with van der Waals surface area (Å²) < 4.78 is 0. The van der Waals surface area contributed by atoms with E-state index in [1.807, 2.05) is 24.3 Å². The lowest BCUT2D eigenvalue weighted by atomic mass is 10.1. The van der Waals surface area contributed by atoms with Gasteiger partial charge in [0.1, 0.15) is 0 Å². The molecule has 1 aromatic rings. The monoisotopic (exact) mass is 217 g/mol. The molecule has 1 aliphatic rings. The molecule has 1 aliphatic heterocycles. The van der Waals surface area contributed by atoms with Gasteiger partial charge in [-0.15, -0.1) is 6.42 Å². The van der Waals surface area contributed by atoms with Crippen LogP contribution in [0.25, 0.3) is 0 Å². The normalized spacial score (nSPS) is 20.4. The van der Waals surface area contributed by atoms with Crippen LogP contribution in [0.15, 0.2) is 24.3 Å². The number of anilines is 1. The number of carbonyl (C=O) groups is 1. The molecule has 1 saturated heterocycles. The maximum atomic E-state index is 11.7. The van der Waals surface area contributed by atoms with Crippen LogP contribution in [0.4, 0.5) is 5.69 Å². The quantitative estimate of drug-likeness (QED) is 0.561. The van der Waals surface area contributed by atoms with Crippen LogP contribution < -0.4 is 4.90 Å². The van der Waals surface area contributed by atoms with Gasteiger partial charge >= 0.3 is 0 Å². The molecule has 0 radical (unpaired) electrons. The Labute approximate surface area is 94.7 Å². The first kappa shape index (κ1) is 10.1. The van der Waals surface area contributed by atoms with Gasteiger partial charge in [-0.2, -0.15) is 12.6 Å². The first-order valence-corrected chi connectivity index (χ1v) is 5.28. The molecule has 76 valence electrons. The molecule has 2 nitrogen and oxygen atoms in total. The van der Waals surface area contributed by atoms with Crippen molar-refractivity contribution in [2.75, 3.05) is 11.4 Å². The summed E-state index contributed by atoms with van der Waals surface area (Å²) in [4.78, 5) is 13.4. The molecule has 1 fully saturated rings. The number of hydrogen-bond acceptors (Lipinski definition) is 2. The molecule has 0 saturated carbocycles. The predicted octanol–water partition coefficient (Wildman–Crippen LogP) is 1.70. The lowest BCUT2D eigenvalue weighted by Crippen LogP contribution is -2.25. The lowest BCUT2D eigenvalue weighted by molar-refractivity contribution is -0.117. The number of benzene rings is 1. The Morgan fingerprint density at radius 2 is 2.20 bits per heavy atom. The van der Waals surface area contributed by atoms with Gasteiger partial charge in [-0.05, 0) is 12.1 Å². The van der Waals surface area contributed by atoms with Crippen LogP contribution in [0.1, 0.15) is 12.0 Å². The zero-order chi connectivity index (χ0) is 10.8.